The Morgan fingerprint density at radius 3 is 2.48 bits per heavy atom. The van der Waals surface area contributed by atoms with Crippen LogP contribution in [0.15, 0.2) is 87.8 Å². The molecule has 6 rings (SSSR count). The molecule has 12 heteroatoms. The van der Waals surface area contributed by atoms with Crippen molar-refractivity contribution in [3.63, 3.8) is 0 Å². The number of methoxy groups -OCH3 is 1. The highest BCUT2D eigenvalue weighted by Gasteiger charge is 2.36. The van der Waals surface area contributed by atoms with E-state index in [1.165, 1.54) is 23.5 Å². The van der Waals surface area contributed by atoms with Gasteiger partial charge in [0.15, 0.2) is 16.3 Å². The molecule has 3 aromatic carbocycles. The molecular weight excluding hydrogens is 632 g/mol. The molecule has 0 N–H and O–H groups in total. The van der Waals surface area contributed by atoms with Crippen molar-refractivity contribution in [1.29, 1.82) is 0 Å². The van der Waals surface area contributed by atoms with Crippen molar-refractivity contribution < 1.29 is 23.9 Å². The van der Waals surface area contributed by atoms with Crippen LogP contribution in [0.2, 0.25) is 0 Å². The van der Waals surface area contributed by atoms with Crippen molar-refractivity contribution >= 4 is 40.0 Å². The van der Waals surface area contributed by atoms with E-state index in [1.54, 1.807) is 49.8 Å². The summed E-state index contributed by atoms with van der Waals surface area (Å²) in [5.41, 5.74) is 4.66. The van der Waals surface area contributed by atoms with E-state index in [1.807, 2.05) is 50.3 Å². The van der Waals surface area contributed by atoms with Gasteiger partial charge in [-0.2, -0.15) is 0 Å². The smallest absolute Gasteiger partial charge is 0.338 e. The maximum Gasteiger partial charge on any atom is 0.338 e. The quantitative estimate of drug-likeness (QED) is 0.111. The van der Waals surface area contributed by atoms with E-state index in [-0.39, 0.29) is 23.4 Å². The molecule has 48 heavy (non-hydrogen) atoms. The van der Waals surface area contributed by atoms with Crippen molar-refractivity contribution in [3.8, 4) is 11.5 Å². The van der Waals surface area contributed by atoms with Crippen LogP contribution in [0, 0.1) is 17.0 Å². The average molecular weight is 667 g/mol. The van der Waals surface area contributed by atoms with Gasteiger partial charge in [0.25, 0.3) is 11.2 Å². The molecule has 0 amide bonds. The lowest BCUT2D eigenvalue weighted by Crippen LogP contribution is -2.40. The number of carbonyl (C=O) groups is 1. The van der Waals surface area contributed by atoms with Gasteiger partial charge < -0.3 is 18.8 Å². The minimum absolute atomic E-state index is 0.0332. The number of allylic oxidation sites excluding steroid dienone is 1. The molecule has 0 bridgehead atoms. The molecule has 1 aliphatic heterocycles. The summed E-state index contributed by atoms with van der Waals surface area (Å²) in [6.45, 7) is 8.31. The third-order valence-corrected chi connectivity index (χ3v) is 9.36. The van der Waals surface area contributed by atoms with Crippen LogP contribution in [0.1, 0.15) is 49.2 Å². The fraction of sp³-hybridized carbons (Fsp3) is 0.250. The van der Waals surface area contributed by atoms with Crippen molar-refractivity contribution in [2.45, 2.75) is 40.3 Å². The number of benzene rings is 3. The predicted molar refractivity (Wildman–Crippen MR) is 183 cm³/mol. The van der Waals surface area contributed by atoms with E-state index in [9.17, 15) is 19.7 Å². The van der Waals surface area contributed by atoms with Crippen molar-refractivity contribution in [2.24, 2.45) is 4.99 Å². The van der Waals surface area contributed by atoms with Crippen molar-refractivity contribution in [2.75, 3.05) is 20.3 Å². The molecule has 1 aliphatic rings. The zero-order valence-electron chi connectivity index (χ0n) is 27.2. The first-order chi connectivity index (χ1) is 23.2. The number of nitro groups is 1. The van der Waals surface area contributed by atoms with Crippen LogP contribution < -0.4 is 24.4 Å². The first kappa shape index (κ1) is 32.5. The number of fused-ring (bicyclic) bond motifs is 2. The molecule has 1 atom stereocenters. The summed E-state index contributed by atoms with van der Waals surface area (Å²) in [5, 5.41) is 12.1. The lowest BCUT2D eigenvalue weighted by atomic mass is 9.94. The maximum atomic E-state index is 14.5. The third kappa shape index (κ3) is 5.68. The Hall–Kier alpha value is -5.49. The Balaban J connectivity index is 1.55. The number of hydrogen-bond donors (Lipinski definition) is 0. The number of rotatable bonds is 10. The van der Waals surface area contributed by atoms with Crippen LogP contribution in [-0.2, 0) is 16.1 Å². The number of nitro benzene ring substituents is 1. The Morgan fingerprint density at radius 2 is 1.79 bits per heavy atom. The van der Waals surface area contributed by atoms with Crippen LogP contribution in [0.4, 0.5) is 5.69 Å². The molecule has 3 heterocycles. The van der Waals surface area contributed by atoms with E-state index < -0.39 is 16.9 Å². The zero-order chi connectivity index (χ0) is 34.1. The topological polar surface area (TPSA) is 127 Å². The summed E-state index contributed by atoms with van der Waals surface area (Å²) < 4.78 is 21.2. The monoisotopic (exact) mass is 666 g/mol. The fourth-order valence-corrected chi connectivity index (χ4v) is 7.20. The first-order valence-electron chi connectivity index (χ1n) is 15.5. The number of aromatic nitrogens is 2. The summed E-state index contributed by atoms with van der Waals surface area (Å²) in [4.78, 5) is 43.9. The van der Waals surface area contributed by atoms with Gasteiger partial charge in [-0.1, -0.05) is 53.8 Å². The zero-order valence-corrected chi connectivity index (χ0v) is 28.0. The van der Waals surface area contributed by atoms with Crippen molar-refractivity contribution in [1.82, 2.24) is 9.13 Å². The van der Waals surface area contributed by atoms with E-state index in [0.717, 1.165) is 27.7 Å². The normalized spacial score (nSPS) is 14.5. The van der Waals surface area contributed by atoms with Crippen LogP contribution in [0.25, 0.3) is 17.0 Å². The highest BCUT2D eigenvalue weighted by Crippen LogP contribution is 2.41. The fourth-order valence-electron chi connectivity index (χ4n) is 6.17. The largest absolute Gasteiger partial charge is 0.493 e. The number of nitrogens with zero attached hydrogens (tertiary/aromatic N) is 4. The number of esters is 1. The number of thiazole rings is 1. The van der Waals surface area contributed by atoms with Crippen LogP contribution in [-0.4, -0.2) is 40.4 Å². The van der Waals surface area contributed by atoms with Gasteiger partial charge in [0.1, 0.15) is 6.04 Å². The summed E-state index contributed by atoms with van der Waals surface area (Å²) in [6.07, 6.45) is 1.88. The van der Waals surface area contributed by atoms with Gasteiger partial charge in [-0.3, -0.25) is 19.5 Å². The summed E-state index contributed by atoms with van der Waals surface area (Å²) in [5.74, 6) is 0.350. The van der Waals surface area contributed by atoms with E-state index in [2.05, 4.69) is 4.57 Å². The van der Waals surface area contributed by atoms with E-state index in [4.69, 9.17) is 19.2 Å². The molecular formula is C36H34N4O7S. The Morgan fingerprint density at radius 1 is 1.04 bits per heavy atom. The van der Waals surface area contributed by atoms with Gasteiger partial charge >= 0.3 is 5.97 Å². The Kier molecular flexibility index (Phi) is 9.01. The van der Waals surface area contributed by atoms with Gasteiger partial charge in [0.05, 0.1) is 41.0 Å². The number of ether oxygens (including phenoxy) is 3. The Labute approximate surface area is 279 Å². The molecule has 0 aliphatic carbocycles. The SMILES string of the molecule is CCOC(=O)C1=C(C)N=c2s/c(=C/c3c(C)n(Cc4ccc([N+](=O)[O-])cc4)c4ccccc34)c(=O)n2[C@@H]1c1cccc(OC)c1OCC. The molecule has 2 aromatic heterocycles. The van der Waals surface area contributed by atoms with Crippen LogP contribution in [0.3, 0.4) is 0 Å². The summed E-state index contributed by atoms with van der Waals surface area (Å²) in [6, 6.07) is 19.0. The molecule has 246 valence electrons. The second kappa shape index (κ2) is 13.3. The second-order valence-corrected chi connectivity index (χ2v) is 12.1. The van der Waals surface area contributed by atoms with Gasteiger partial charge in [-0.15, -0.1) is 0 Å². The standard InChI is InChI=1S/C36H34N4O7S/c1-6-46-33-26(12-10-14-29(33)45-5)32-31(35(42)47-7-2)21(3)37-36-39(32)34(41)30(48-36)19-27-22(4)38(28-13-9-8-11-25(27)28)20-23-15-17-24(18-16-23)40(43)44/h8-19,32H,6-7,20H2,1-5H3/b30-19+/t32-/m1/s1. The van der Waals surface area contributed by atoms with Crippen molar-refractivity contribution in [3.05, 3.63) is 130 Å². The molecule has 0 radical (unpaired) electrons. The van der Waals surface area contributed by atoms with E-state index >= 15 is 0 Å². The number of para-hydroxylation sites is 2. The molecule has 5 aromatic rings. The highest BCUT2D eigenvalue weighted by molar-refractivity contribution is 7.07. The molecule has 0 spiro atoms. The summed E-state index contributed by atoms with van der Waals surface area (Å²) in [7, 11) is 1.54. The molecule has 11 nitrogen and oxygen atoms in total. The van der Waals surface area contributed by atoms with Gasteiger partial charge in [-0.05, 0) is 51.5 Å². The lowest BCUT2D eigenvalue weighted by Gasteiger charge is -2.26. The number of non-ortho nitro benzene ring substituents is 1. The average Bonchev–Trinajstić information content (AvgIpc) is 3.52. The first-order valence-corrected chi connectivity index (χ1v) is 16.3. The second-order valence-electron chi connectivity index (χ2n) is 11.1. The van der Waals surface area contributed by atoms with Gasteiger partial charge in [-0.25, -0.2) is 9.79 Å². The molecule has 0 saturated heterocycles. The Bertz CT molecular complexity index is 2280. The van der Waals surface area contributed by atoms with E-state index in [0.29, 0.717) is 45.2 Å². The third-order valence-electron chi connectivity index (χ3n) is 8.37. The highest BCUT2D eigenvalue weighted by atomic mass is 32.1. The molecule has 0 saturated carbocycles. The summed E-state index contributed by atoms with van der Waals surface area (Å²) >= 11 is 1.25. The van der Waals surface area contributed by atoms with Gasteiger partial charge in [0.2, 0.25) is 0 Å². The minimum Gasteiger partial charge on any atom is -0.493 e. The van der Waals surface area contributed by atoms with Gasteiger partial charge in [0, 0.05) is 46.4 Å². The maximum absolute atomic E-state index is 14.5. The number of hydrogen-bond acceptors (Lipinski definition) is 9. The minimum atomic E-state index is -0.872. The lowest BCUT2D eigenvalue weighted by molar-refractivity contribution is -0.384. The van der Waals surface area contributed by atoms with Crippen LogP contribution in [0.5, 0.6) is 11.5 Å². The van der Waals surface area contributed by atoms with Crippen LogP contribution >= 0.6 is 11.3 Å². The molecule has 0 unspecified atom stereocenters. The predicted octanol–water partition coefficient (Wildman–Crippen LogP) is 5.43. The number of carbonyl (C=O) groups excluding carboxylic acids is 1. The molecule has 0 fully saturated rings.